The van der Waals surface area contributed by atoms with E-state index in [0.717, 1.165) is 41.2 Å². The predicted octanol–water partition coefficient (Wildman–Crippen LogP) is 4.20. The summed E-state index contributed by atoms with van der Waals surface area (Å²) in [4.78, 5) is 14.1. The zero-order chi connectivity index (χ0) is 21.3. The van der Waals surface area contributed by atoms with E-state index in [2.05, 4.69) is 28.2 Å². The molecule has 1 unspecified atom stereocenters. The number of benzene rings is 1. The molecule has 2 aliphatic rings. The first-order valence-corrected chi connectivity index (χ1v) is 11.2. The minimum absolute atomic E-state index is 0.0197. The SMILES string of the molecule is Cc1c(NCCS/C2=C/N/C=C\C=C/C2)c2c3c(c1N)c(=O)c(C)cn3C(C)CO2. The summed E-state index contributed by atoms with van der Waals surface area (Å²) in [5.41, 5.74) is 10.2. The second-order valence-electron chi connectivity index (χ2n) is 7.72. The Balaban J connectivity index is 1.62. The smallest absolute Gasteiger partial charge is 0.194 e. The topological polar surface area (TPSA) is 81.3 Å². The van der Waals surface area contributed by atoms with Crippen molar-refractivity contribution in [2.75, 3.05) is 30.0 Å². The molecule has 158 valence electrons. The Morgan fingerprint density at radius 3 is 3.03 bits per heavy atom. The van der Waals surface area contributed by atoms with E-state index >= 15 is 0 Å². The van der Waals surface area contributed by atoms with Crippen LogP contribution in [0.4, 0.5) is 11.4 Å². The van der Waals surface area contributed by atoms with Crippen LogP contribution in [0.2, 0.25) is 0 Å². The summed E-state index contributed by atoms with van der Waals surface area (Å²) >= 11 is 1.81. The van der Waals surface area contributed by atoms with E-state index in [1.165, 1.54) is 4.91 Å². The lowest BCUT2D eigenvalue weighted by Crippen LogP contribution is -2.26. The molecule has 7 heteroatoms. The van der Waals surface area contributed by atoms with Crippen LogP contribution in [-0.4, -0.2) is 23.5 Å². The third-order valence-corrected chi connectivity index (χ3v) is 6.61. The van der Waals surface area contributed by atoms with Gasteiger partial charge in [-0.3, -0.25) is 4.79 Å². The van der Waals surface area contributed by atoms with Crippen LogP contribution in [0.25, 0.3) is 10.9 Å². The zero-order valence-electron chi connectivity index (χ0n) is 17.6. The molecule has 0 fully saturated rings. The van der Waals surface area contributed by atoms with Crippen molar-refractivity contribution in [1.29, 1.82) is 0 Å². The van der Waals surface area contributed by atoms with Gasteiger partial charge in [0.25, 0.3) is 0 Å². The molecule has 2 aliphatic heterocycles. The summed E-state index contributed by atoms with van der Waals surface area (Å²) in [5.74, 6) is 1.63. The summed E-state index contributed by atoms with van der Waals surface area (Å²) in [6.07, 6.45) is 13.0. The lowest BCUT2D eigenvalue weighted by Gasteiger charge is -2.30. The number of nitrogens with one attached hydrogen (secondary N) is 2. The Morgan fingerprint density at radius 1 is 1.37 bits per heavy atom. The number of thioether (sulfide) groups is 1. The minimum Gasteiger partial charge on any atom is -0.487 e. The third-order valence-electron chi connectivity index (χ3n) is 5.54. The first kappa shape index (κ1) is 20.5. The molecule has 1 aromatic carbocycles. The van der Waals surface area contributed by atoms with Gasteiger partial charge in [-0.1, -0.05) is 12.2 Å². The Kier molecular flexibility index (Phi) is 5.81. The van der Waals surface area contributed by atoms with Gasteiger partial charge in [0.2, 0.25) is 0 Å². The van der Waals surface area contributed by atoms with E-state index < -0.39 is 0 Å². The van der Waals surface area contributed by atoms with Gasteiger partial charge >= 0.3 is 0 Å². The van der Waals surface area contributed by atoms with E-state index in [4.69, 9.17) is 10.5 Å². The van der Waals surface area contributed by atoms with Crippen LogP contribution in [0.1, 0.15) is 30.5 Å². The maximum Gasteiger partial charge on any atom is 0.194 e. The summed E-state index contributed by atoms with van der Waals surface area (Å²) in [7, 11) is 0. The molecule has 0 saturated carbocycles. The van der Waals surface area contributed by atoms with Gasteiger partial charge in [-0.2, -0.15) is 0 Å². The Hall–Kier alpha value is -2.80. The molecule has 4 rings (SSSR count). The number of aromatic nitrogens is 1. The van der Waals surface area contributed by atoms with Crippen LogP contribution < -0.4 is 26.5 Å². The fourth-order valence-corrected chi connectivity index (χ4v) is 4.71. The number of rotatable bonds is 5. The highest BCUT2D eigenvalue weighted by Crippen LogP contribution is 2.43. The molecular formula is C23H28N4O2S. The number of hydrogen-bond donors (Lipinski definition) is 3. The van der Waals surface area contributed by atoms with E-state index in [1.54, 1.807) is 0 Å². The lowest BCUT2D eigenvalue weighted by molar-refractivity contribution is 0.248. The maximum atomic E-state index is 12.9. The molecule has 0 aliphatic carbocycles. The van der Waals surface area contributed by atoms with Crippen molar-refractivity contribution in [3.63, 3.8) is 0 Å². The average Bonchev–Trinajstić information content (AvgIpc) is 2.70. The van der Waals surface area contributed by atoms with Crippen molar-refractivity contribution >= 4 is 34.0 Å². The Bertz CT molecular complexity index is 1130. The second-order valence-corrected chi connectivity index (χ2v) is 8.94. The molecule has 1 aromatic heterocycles. The molecule has 0 bridgehead atoms. The van der Waals surface area contributed by atoms with E-state index in [-0.39, 0.29) is 11.5 Å². The van der Waals surface area contributed by atoms with Crippen molar-refractivity contribution in [3.05, 3.63) is 63.1 Å². The monoisotopic (exact) mass is 424 g/mol. The number of ether oxygens (including phenoxy) is 1. The molecule has 0 radical (unpaired) electrons. The van der Waals surface area contributed by atoms with Gasteiger partial charge in [-0.15, -0.1) is 11.8 Å². The summed E-state index contributed by atoms with van der Waals surface area (Å²) in [6, 6.07) is 0.144. The summed E-state index contributed by atoms with van der Waals surface area (Å²) in [6.45, 7) is 7.21. The highest BCUT2D eigenvalue weighted by molar-refractivity contribution is 8.03. The summed E-state index contributed by atoms with van der Waals surface area (Å²) in [5, 5.41) is 7.27. The molecule has 6 nitrogen and oxygen atoms in total. The van der Waals surface area contributed by atoms with Crippen LogP contribution in [0.5, 0.6) is 5.75 Å². The molecular weight excluding hydrogens is 396 g/mol. The Morgan fingerprint density at radius 2 is 2.20 bits per heavy atom. The summed E-state index contributed by atoms with van der Waals surface area (Å²) < 4.78 is 8.25. The highest BCUT2D eigenvalue weighted by Gasteiger charge is 2.27. The average molecular weight is 425 g/mol. The van der Waals surface area contributed by atoms with Gasteiger partial charge in [-0.05, 0) is 38.8 Å². The van der Waals surface area contributed by atoms with Crippen molar-refractivity contribution < 1.29 is 4.74 Å². The number of anilines is 2. The molecule has 3 heterocycles. The highest BCUT2D eigenvalue weighted by atomic mass is 32.2. The number of hydrogen-bond acceptors (Lipinski definition) is 6. The van der Waals surface area contributed by atoms with E-state index in [1.807, 2.05) is 56.4 Å². The van der Waals surface area contributed by atoms with Gasteiger partial charge < -0.3 is 25.7 Å². The normalized spacial score (nSPS) is 21.6. The number of allylic oxidation sites excluding steroid dienone is 4. The molecule has 4 N–H and O–H groups in total. The minimum atomic E-state index is -0.0197. The second kappa shape index (κ2) is 8.52. The fourth-order valence-electron chi connectivity index (χ4n) is 3.87. The van der Waals surface area contributed by atoms with Gasteiger partial charge in [-0.25, -0.2) is 0 Å². The molecule has 0 saturated heterocycles. The fraction of sp³-hybridized carbons (Fsp3) is 0.348. The number of nitrogen functional groups attached to an aromatic ring is 1. The number of pyridine rings is 1. The molecule has 2 aromatic rings. The van der Waals surface area contributed by atoms with Gasteiger partial charge in [0.15, 0.2) is 11.2 Å². The third kappa shape index (κ3) is 3.69. The van der Waals surface area contributed by atoms with Gasteiger partial charge in [0, 0.05) is 41.4 Å². The molecule has 0 amide bonds. The molecule has 30 heavy (non-hydrogen) atoms. The van der Waals surface area contributed by atoms with Crippen molar-refractivity contribution in [3.8, 4) is 5.75 Å². The molecule has 1 atom stereocenters. The van der Waals surface area contributed by atoms with Crippen LogP contribution in [-0.2, 0) is 0 Å². The van der Waals surface area contributed by atoms with Crippen LogP contribution in [0, 0.1) is 13.8 Å². The number of aryl methyl sites for hydroxylation is 1. The van der Waals surface area contributed by atoms with Crippen molar-refractivity contribution in [1.82, 2.24) is 9.88 Å². The number of nitrogens with two attached hydrogens (primary N) is 1. The lowest BCUT2D eigenvalue weighted by atomic mass is 10.0. The first-order chi connectivity index (χ1) is 14.5. The number of nitrogens with zero attached hydrogens (tertiary/aromatic N) is 1. The predicted molar refractivity (Wildman–Crippen MR) is 127 cm³/mol. The largest absolute Gasteiger partial charge is 0.487 e. The molecule has 0 spiro atoms. The van der Waals surface area contributed by atoms with Gasteiger partial charge in [0.05, 0.1) is 28.3 Å². The zero-order valence-corrected chi connectivity index (χ0v) is 18.4. The van der Waals surface area contributed by atoms with E-state index in [0.29, 0.717) is 23.2 Å². The quantitative estimate of drug-likeness (QED) is 0.493. The van der Waals surface area contributed by atoms with Crippen LogP contribution in [0.3, 0.4) is 0 Å². The van der Waals surface area contributed by atoms with Crippen molar-refractivity contribution in [2.24, 2.45) is 0 Å². The van der Waals surface area contributed by atoms with Crippen molar-refractivity contribution in [2.45, 2.75) is 33.2 Å². The van der Waals surface area contributed by atoms with Gasteiger partial charge in [0.1, 0.15) is 6.61 Å². The van der Waals surface area contributed by atoms with Crippen LogP contribution in [0.15, 0.2) is 46.5 Å². The maximum absolute atomic E-state index is 12.9. The van der Waals surface area contributed by atoms with Crippen LogP contribution >= 0.6 is 11.8 Å². The van der Waals surface area contributed by atoms with E-state index in [9.17, 15) is 4.79 Å². The first-order valence-electron chi connectivity index (χ1n) is 10.2. The standard InChI is InChI=1S/C23H28N4O2S/c1-14-12-27-15(2)13-29-23-20(16(3)19(24)18(21(23)27)22(14)28)26-9-10-30-17-7-5-4-6-8-25-11-17/h4-6,8,11-12,15,25-26H,7,9-10,13,24H2,1-3H3/b5-4-,8-6-,17-11+. The Labute approximate surface area is 180 Å².